The molecule has 1 aromatic heterocycles. The highest BCUT2D eigenvalue weighted by Crippen LogP contribution is 2.46. The molecule has 0 radical (unpaired) electrons. The second-order valence-corrected chi connectivity index (χ2v) is 8.81. The normalized spacial score (nSPS) is 30.3. The number of aliphatic hydroxyl groups excluding tert-OH is 1. The zero-order valence-electron chi connectivity index (χ0n) is 11.8. The Morgan fingerprint density at radius 2 is 2.29 bits per heavy atom. The summed E-state index contributed by atoms with van der Waals surface area (Å²) in [7, 11) is 0. The maximum atomic E-state index is 12.1. The minimum absolute atomic E-state index is 0.0103. The number of amides is 1. The second kappa shape index (κ2) is 5.99. The van der Waals surface area contributed by atoms with Crippen LogP contribution in [0.3, 0.4) is 0 Å². The number of hydrogen-bond acceptors (Lipinski definition) is 4. The van der Waals surface area contributed by atoms with Gasteiger partial charge in [0.05, 0.1) is 9.89 Å². The number of hydrogen-bond donors (Lipinski definition) is 3. The van der Waals surface area contributed by atoms with Crippen molar-refractivity contribution < 1.29 is 9.90 Å². The van der Waals surface area contributed by atoms with Crippen LogP contribution in [0.1, 0.15) is 37.0 Å². The Morgan fingerprint density at radius 1 is 1.52 bits per heavy atom. The average Bonchev–Trinajstić information content (AvgIpc) is 2.82. The molecule has 2 saturated carbocycles. The van der Waals surface area contributed by atoms with Crippen molar-refractivity contribution in [2.75, 3.05) is 6.54 Å². The Kier molecular flexibility index (Phi) is 4.41. The quantitative estimate of drug-likeness (QED) is 0.740. The van der Waals surface area contributed by atoms with Crippen LogP contribution in [0.2, 0.25) is 0 Å². The molecule has 0 aromatic carbocycles. The average molecular weight is 373 g/mol. The summed E-state index contributed by atoms with van der Waals surface area (Å²) in [4.78, 5) is 13.4. The molecule has 0 saturated heterocycles. The third-order valence-corrected chi connectivity index (χ3v) is 6.88. The van der Waals surface area contributed by atoms with E-state index in [1.807, 2.05) is 0 Å². The van der Waals surface area contributed by atoms with Gasteiger partial charge in [-0.15, -0.1) is 11.3 Å². The Labute approximate surface area is 137 Å². The fourth-order valence-corrected chi connectivity index (χ4v) is 4.90. The van der Waals surface area contributed by atoms with Crippen LogP contribution in [0.25, 0.3) is 0 Å². The van der Waals surface area contributed by atoms with Crippen LogP contribution in [0, 0.1) is 5.92 Å². The summed E-state index contributed by atoms with van der Waals surface area (Å²) in [5.41, 5.74) is 5.95. The molecule has 4 N–H and O–H groups in total. The van der Waals surface area contributed by atoms with Crippen LogP contribution in [0.5, 0.6) is 0 Å². The first-order chi connectivity index (χ1) is 10.00. The molecule has 2 aliphatic rings. The van der Waals surface area contributed by atoms with Gasteiger partial charge < -0.3 is 16.2 Å². The van der Waals surface area contributed by atoms with E-state index in [0.717, 1.165) is 16.6 Å². The second-order valence-electron chi connectivity index (χ2n) is 6.35. The van der Waals surface area contributed by atoms with E-state index in [-0.39, 0.29) is 23.3 Å². The topological polar surface area (TPSA) is 75.3 Å². The number of nitrogens with one attached hydrogen (secondary N) is 1. The maximum Gasteiger partial charge on any atom is 0.220 e. The van der Waals surface area contributed by atoms with E-state index in [9.17, 15) is 9.90 Å². The lowest BCUT2D eigenvalue weighted by molar-refractivity contribution is -0.125. The molecule has 0 aliphatic heterocycles. The van der Waals surface area contributed by atoms with Crippen molar-refractivity contribution in [1.82, 2.24) is 5.32 Å². The summed E-state index contributed by atoms with van der Waals surface area (Å²) in [6.07, 6.45) is 4.03. The molecule has 2 aliphatic carbocycles. The number of rotatable bonds is 5. The fourth-order valence-electron chi connectivity index (χ4n) is 3.27. The number of carbonyl (C=O) groups excluding carboxylic acids is 1. The molecule has 6 heteroatoms. The Hall–Kier alpha value is -0.430. The van der Waals surface area contributed by atoms with Crippen molar-refractivity contribution >= 4 is 33.2 Å². The minimum atomic E-state index is -0.406. The summed E-state index contributed by atoms with van der Waals surface area (Å²) in [5.74, 6) is -0.0608. The van der Waals surface area contributed by atoms with Crippen LogP contribution in [0.4, 0.5) is 0 Å². The highest BCUT2D eigenvalue weighted by atomic mass is 79.9. The van der Waals surface area contributed by atoms with E-state index in [2.05, 4.69) is 33.4 Å². The molecule has 3 atom stereocenters. The minimum Gasteiger partial charge on any atom is -0.393 e. The van der Waals surface area contributed by atoms with E-state index < -0.39 is 6.10 Å². The molecule has 0 bridgehead atoms. The van der Waals surface area contributed by atoms with Gasteiger partial charge in [-0.3, -0.25) is 4.79 Å². The van der Waals surface area contributed by atoms with Crippen molar-refractivity contribution in [2.45, 2.75) is 49.7 Å². The van der Waals surface area contributed by atoms with Gasteiger partial charge in [0.1, 0.15) is 0 Å². The van der Waals surface area contributed by atoms with Crippen molar-refractivity contribution in [3.8, 4) is 0 Å². The molecular weight excluding hydrogens is 352 g/mol. The lowest BCUT2D eigenvalue weighted by Gasteiger charge is -2.42. The van der Waals surface area contributed by atoms with Crippen LogP contribution in [0.15, 0.2) is 15.9 Å². The van der Waals surface area contributed by atoms with Gasteiger partial charge in [0.15, 0.2) is 0 Å². The highest BCUT2D eigenvalue weighted by Gasteiger charge is 2.41. The zero-order chi connectivity index (χ0) is 15.0. The Morgan fingerprint density at radius 3 is 2.76 bits per heavy atom. The first-order valence-electron chi connectivity index (χ1n) is 7.46. The fraction of sp³-hybridized carbons (Fsp3) is 0.667. The van der Waals surface area contributed by atoms with Gasteiger partial charge in [-0.2, -0.15) is 0 Å². The Balaban J connectivity index is 1.55. The molecule has 21 heavy (non-hydrogen) atoms. The van der Waals surface area contributed by atoms with Crippen LogP contribution in [-0.4, -0.2) is 29.7 Å². The Bertz CT molecular complexity index is 521. The molecule has 3 unspecified atom stereocenters. The lowest BCUT2D eigenvalue weighted by Crippen LogP contribution is -2.53. The van der Waals surface area contributed by atoms with E-state index in [0.29, 0.717) is 19.4 Å². The van der Waals surface area contributed by atoms with Gasteiger partial charge in [-0.05, 0) is 47.3 Å². The first-order valence-corrected chi connectivity index (χ1v) is 9.07. The maximum absolute atomic E-state index is 12.1. The number of aliphatic hydroxyl groups is 1. The van der Waals surface area contributed by atoms with Gasteiger partial charge in [0.25, 0.3) is 0 Å². The molecule has 3 rings (SSSR count). The number of thiophene rings is 1. The summed E-state index contributed by atoms with van der Waals surface area (Å²) >= 11 is 5.27. The number of carbonyl (C=O) groups is 1. The van der Waals surface area contributed by atoms with E-state index in [1.165, 1.54) is 11.3 Å². The molecule has 1 heterocycles. The molecule has 116 valence electrons. The predicted molar refractivity (Wildman–Crippen MR) is 87.3 cm³/mol. The molecular formula is C15H21BrN2O2S. The number of halogens is 1. The van der Waals surface area contributed by atoms with Crippen LogP contribution in [-0.2, 0) is 10.2 Å². The first kappa shape index (κ1) is 15.5. The van der Waals surface area contributed by atoms with Gasteiger partial charge >= 0.3 is 0 Å². The van der Waals surface area contributed by atoms with Crippen LogP contribution >= 0.6 is 27.3 Å². The third-order valence-electron chi connectivity index (χ3n) is 5.01. The predicted octanol–water partition coefficient (Wildman–Crippen LogP) is 2.15. The summed E-state index contributed by atoms with van der Waals surface area (Å²) in [6, 6.07) is 4.20. The van der Waals surface area contributed by atoms with Gasteiger partial charge in [-0.1, -0.05) is 6.42 Å². The standard InChI is InChI=1S/C15H21BrN2O2S/c16-13-3-2-12(21-13)15(4-1-5-15)8-18-14(20)6-9-10(17)7-11(9)19/h2-3,9-11,19H,1,4-8,17H2,(H,18,20). The highest BCUT2D eigenvalue weighted by molar-refractivity contribution is 9.11. The SMILES string of the molecule is NC1CC(O)C1CC(=O)NCC1(c2ccc(Br)s2)CCC1. The van der Waals surface area contributed by atoms with Crippen molar-refractivity contribution in [1.29, 1.82) is 0 Å². The largest absolute Gasteiger partial charge is 0.393 e. The van der Waals surface area contributed by atoms with Crippen molar-refractivity contribution in [3.05, 3.63) is 20.8 Å². The van der Waals surface area contributed by atoms with Crippen molar-refractivity contribution in [2.24, 2.45) is 11.7 Å². The van der Waals surface area contributed by atoms with Gasteiger partial charge in [0.2, 0.25) is 5.91 Å². The molecule has 4 nitrogen and oxygen atoms in total. The lowest BCUT2D eigenvalue weighted by atomic mass is 9.67. The molecule has 0 spiro atoms. The summed E-state index contributed by atoms with van der Waals surface area (Å²) in [5, 5.41) is 12.7. The molecule has 2 fully saturated rings. The summed E-state index contributed by atoms with van der Waals surface area (Å²) in [6.45, 7) is 0.691. The third kappa shape index (κ3) is 3.04. The van der Waals surface area contributed by atoms with E-state index in [1.54, 1.807) is 11.3 Å². The van der Waals surface area contributed by atoms with Crippen LogP contribution < -0.4 is 11.1 Å². The smallest absolute Gasteiger partial charge is 0.220 e. The van der Waals surface area contributed by atoms with Crippen molar-refractivity contribution in [3.63, 3.8) is 0 Å². The number of nitrogens with two attached hydrogens (primary N) is 1. The zero-order valence-corrected chi connectivity index (χ0v) is 14.3. The molecule has 1 aromatic rings. The van der Waals surface area contributed by atoms with E-state index in [4.69, 9.17) is 5.73 Å². The molecule has 1 amide bonds. The summed E-state index contributed by atoms with van der Waals surface area (Å²) < 4.78 is 1.14. The monoisotopic (exact) mass is 372 g/mol. The van der Waals surface area contributed by atoms with Gasteiger partial charge in [-0.25, -0.2) is 0 Å². The van der Waals surface area contributed by atoms with Gasteiger partial charge in [0, 0.05) is 35.2 Å². The van der Waals surface area contributed by atoms with E-state index >= 15 is 0 Å².